The second-order valence-corrected chi connectivity index (χ2v) is 4.33. The van der Waals surface area contributed by atoms with Crippen molar-refractivity contribution in [3.63, 3.8) is 0 Å². The second kappa shape index (κ2) is 5.73. The van der Waals surface area contributed by atoms with Crippen LogP contribution in [0.3, 0.4) is 0 Å². The molecular formula is C14H18N4O2. The standard InChI is InChI=1S/C14H18N4O2/c1-4-12-16-13(5-2)18(17-12)11-7-6-9(15)8-10(11)14(19)20-3/h6-8H,4-5,15H2,1-3H3. The summed E-state index contributed by atoms with van der Waals surface area (Å²) in [5, 5.41) is 4.43. The van der Waals surface area contributed by atoms with E-state index in [4.69, 9.17) is 10.5 Å². The van der Waals surface area contributed by atoms with E-state index in [2.05, 4.69) is 10.1 Å². The van der Waals surface area contributed by atoms with E-state index in [1.807, 2.05) is 13.8 Å². The van der Waals surface area contributed by atoms with Crippen LogP contribution >= 0.6 is 0 Å². The van der Waals surface area contributed by atoms with E-state index in [0.29, 0.717) is 16.9 Å². The maximum Gasteiger partial charge on any atom is 0.340 e. The van der Waals surface area contributed by atoms with Crippen molar-refractivity contribution in [3.05, 3.63) is 35.4 Å². The normalized spacial score (nSPS) is 10.6. The van der Waals surface area contributed by atoms with Crippen LogP contribution in [0.25, 0.3) is 5.69 Å². The summed E-state index contributed by atoms with van der Waals surface area (Å²) in [7, 11) is 1.34. The molecule has 6 nitrogen and oxygen atoms in total. The molecule has 2 aromatic rings. The summed E-state index contributed by atoms with van der Waals surface area (Å²) in [6.45, 7) is 3.98. The van der Waals surface area contributed by atoms with Gasteiger partial charge in [-0.3, -0.25) is 0 Å². The van der Waals surface area contributed by atoms with Crippen molar-refractivity contribution < 1.29 is 9.53 Å². The Kier molecular flexibility index (Phi) is 4.02. The van der Waals surface area contributed by atoms with Gasteiger partial charge in [0.15, 0.2) is 5.82 Å². The molecule has 0 saturated heterocycles. The summed E-state index contributed by atoms with van der Waals surface area (Å²) in [4.78, 5) is 16.3. The fourth-order valence-electron chi connectivity index (χ4n) is 1.98. The zero-order valence-corrected chi connectivity index (χ0v) is 11.9. The number of anilines is 1. The highest BCUT2D eigenvalue weighted by molar-refractivity contribution is 5.94. The predicted molar refractivity (Wildman–Crippen MR) is 75.9 cm³/mol. The third kappa shape index (κ3) is 2.49. The molecule has 2 N–H and O–H groups in total. The molecule has 0 aliphatic heterocycles. The van der Waals surface area contributed by atoms with E-state index in [1.54, 1.807) is 22.9 Å². The Hall–Kier alpha value is -2.37. The number of nitrogens with two attached hydrogens (primary N) is 1. The molecule has 1 aromatic heterocycles. The van der Waals surface area contributed by atoms with Crippen LogP contribution in [0.2, 0.25) is 0 Å². The number of ether oxygens (including phenoxy) is 1. The van der Waals surface area contributed by atoms with Gasteiger partial charge in [-0.15, -0.1) is 0 Å². The predicted octanol–water partition coefficient (Wildman–Crippen LogP) is 1.76. The van der Waals surface area contributed by atoms with Gasteiger partial charge in [-0.05, 0) is 18.2 Å². The van der Waals surface area contributed by atoms with Gasteiger partial charge in [0.1, 0.15) is 5.82 Å². The topological polar surface area (TPSA) is 83.0 Å². The maximum absolute atomic E-state index is 11.9. The van der Waals surface area contributed by atoms with Crippen molar-refractivity contribution in [1.29, 1.82) is 0 Å². The number of benzene rings is 1. The highest BCUT2D eigenvalue weighted by atomic mass is 16.5. The summed E-state index contributed by atoms with van der Waals surface area (Å²) in [6.07, 6.45) is 1.46. The van der Waals surface area contributed by atoms with Gasteiger partial charge in [-0.1, -0.05) is 13.8 Å². The molecule has 0 unspecified atom stereocenters. The van der Waals surface area contributed by atoms with Gasteiger partial charge in [0.25, 0.3) is 0 Å². The van der Waals surface area contributed by atoms with Crippen molar-refractivity contribution >= 4 is 11.7 Å². The first-order valence-corrected chi connectivity index (χ1v) is 6.53. The number of carbonyl (C=O) groups is 1. The molecule has 1 aromatic carbocycles. The minimum Gasteiger partial charge on any atom is -0.465 e. The fourth-order valence-corrected chi connectivity index (χ4v) is 1.98. The molecule has 0 aliphatic carbocycles. The number of aromatic nitrogens is 3. The maximum atomic E-state index is 11.9. The van der Waals surface area contributed by atoms with Crippen molar-refractivity contribution in [1.82, 2.24) is 14.8 Å². The highest BCUT2D eigenvalue weighted by Gasteiger charge is 2.17. The van der Waals surface area contributed by atoms with Crippen LogP contribution in [-0.2, 0) is 17.6 Å². The lowest BCUT2D eigenvalue weighted by Crippen LogP contribution is -2.11. The highest BCUT2D eigenvalue weighted by Crippen LogP contribution is 2.20. The Morgan fingerprint density at radius 1 is 1.35 bits per heavy atom. The summed E-state index contributed by atoms with van der Waals surface area (Å²) in [6, 6.07) is 5.08. The average molecular weight is 274 g/mol. The van der Waals surface area contributed by atoms with Crippen LogP contribution in [0.4, 0.5) is 5.69 Å². The third-order valence-corrected chi connectivity index (χ3v) is 3.00. The first-order valence-electron chi connectivity index (χ1n) is 6.53. The summed E-state index contributed by atoms with van der Waals surface area (Å²) in [5.74, 6) is 1.11. The number of esters is 1. The van der Waals surface area contributed by atoms with Crippen LogP contribution in [-0.4, -0.2) is 27.8 Å². The lowest BCUT2D eigenvalue weighted by Gasteiger charge is -2.10. The lowest BCUT2D eigenvalue weighted by molar-refractivity contribution is 0.0600. The first-order chi connectivity index (χ1) is 9.60. The molecule has 0 atom stereocenters. The van der Waals surface area contributed by atoms with Gasteiger partial charge in [0.05, 0.1) is 18.4 Å². The van der Waals surface area contributed by atoms with E-state index in [-0.39, 0.29) is 0 Å². The van der Waals surface area contributed by atoms with E-state index in [1.165, 1.54) is 7.11 Å². The van der Waals surface area contributed by atoms with Crippen molar-refractivity contribution in [3.8, 4) is 5.69 Å². The lowest BCUT2D eigenvalue weighted by atomic mass is 10.1. The number of nitrogen functional groups attached to an aromatic ring is 1. The molecule has 0 radical (unpaired) electrons. The molecule has 6 heteroatoms. The third-order valence-electron chi connectivity index (χ3n) is 3.00. The van der Waals surface area contributed by atoms with Gasteiger partial charge in [0.2, 0.25) is 0 Å². The monoisotopic (exact) mass is 274 g/mol. The number of methoxy groups -OCH3 is 1. The van der Waals surface area contributed by atoms with E-state index < -0.39 is 5.97 Å². The zero-order valence-electron chi connectivity index (χ0n) is 11.9. The Morgan fingerprint density at radius 2 is 2.10 bits per heavy atom. The van der Waals surface area contributed by atoms with Crippen molar-refractivity contribution in [2.75, 3.05) is 12.8 Å². The summed E-state index contributed by atoms with van der Waals surface area (Å²) >= 11 is 0. The number of nitrogens with zero attached hydrogens (tertiary/aromatic N) is 3. The van der Waals surface area contributed by atoms with Crippen LogP contribution in [0, 0.1) is 0 Å². The smallest absolute Gasteiger partial charge is 0.340 e. The summed E-state index contributed by atoms with van der Waals surface area (Å²) < 4.78 is 6.49. The SMILES string of the molecule is CCc1nc(CC)n(-c2ccc(N)cc2C(=O)OC)n1. The second-order valence-electron chi connectivity index (χ2n) is 4.33. The van der Waals surface area contributed by atoms with Gasteiger partial charge in [-0.2, -0.15) is 5.10 Å². The largest absolute Gasteiger partial charge is 0.465 e. The molecular weight excluding hydrogens is 256 g/mol. The molecule has 106 valence electrons. The number of rotatable bonds is 4. The van der Waals surface area contributed by atoms with Gasteiger partial charge < -0.3 is 10.5 Å². The molecule has 0 bridgehead atoms. The van der Waals surface area contributed by atoms with Gasteiger partial charge in [0, 0.05) is 18.5 Å². The van der Waals surface area contributed by atoms with E-state index in [9.17, 15) is 4.79 Å². The van der Waals surface area contributed by atoms with E-state index >= 15 is 0 Å². The molecule has 0 spiro atoms. The van der Waals surface area contributed by atoms with Crippen LogP contribution in [0.1, 0.15) is 35.9 Å². The molecule has 0 aliphatic rings. The number of aryl methyl sites for hydroxylation is 2. The Morgan fingerprint density at radius 3 is 2.70 bits per heavy atom. The Balaban J connectivity index is 2.62. The van der Waals surface area contributed by atoms with Crippen LogP contribution < -0.4 is 5.73 Å². The Bertz CT molecular complexity index is 634. The Labute approximate surface area is 117 Å². The zero-order chi connectivity index (χ0) is 14.7. The molecule has 1 heterocycles. The number of hydrogen-bond donors (Lipinski definition) is 1. The number of carbonyl (C=O) groups excluding carboxylic acids is 1. The summed E-state index contributed by atoms with van der Waals surface area (Å²) in [5.41, 5.74) is 7.27. The fraction of sp³-hybridized carbons (Fsp3) is 0.357. The quantitative estimate of drug-likeness (QED) is 0.678. The first kappa shape index (κ1) is 14.0. The molecule has 20 heavy (non-hydrogen) atoms. The van der Waals surface area contributed by atoms with Gasteiger partial charge >= 0.3 is 5.97 Å². The minimum absolute atomic E-state index is 0.384. The molecule has 0 amide bonds. The molecule has 2 rings (SSSR count). The van der Waals surface area contributed by atoms with Crippen molar-refractivity contribution in [2.45, 2.75) is 26.7 Å². The van der Waals surface area contributed by atoms with Crippen LogP contribution in [0.5, 0.6) is 0 Å². The van der Waals surface area contributed by atoms with Gasteiger partial charge in [-0.25, -0.2) is 14.5 Å². The van der Waals surface area contributed by atoms with Crippen LogP contribution in [0.15, 0.2) is 18.2 Å². The number of hydrogen-bond acceptors (Lipinski definition) is 5. The van der Waals surface area contributed by atoms with E-state index in [0.717, 1.165) is 24.5 Å². The average Bonchev–Trinajstić information content (AvgIpc) is 2.89. The molecule has 0 saturated carbocycles. The minimum atomic E-state index is -0.442. The molecule has 0 fully saturated rings. The van der Waals surface area contributed by atoms with Crippen molar-refractivity contribution in [2.24, 2.45) is 0 Å².